The first-order valence-corrected chi connectivity index (χ1v) is 6.35. The molecule has 1 saturated heterocycles. The quantitative estimate of drug-likeness (QED) is 0.671. The van der Waals surface area contributed by atoms with Gasteiger partial charge >= 0.3 is 0 Å². The highest BCUT2D eigenvalue weighted by Gasteiger charge is 2.24. The Morgan fingerprint density at radius 3 is 2.38 bits per heavy atom. The van der Waals surface area contributed by atoms with Crippen molar-refractivity contribution in [3.63, 3.8) is 0 Å². The van der Waals surface area contributed by atoms with Crippen LogP contribution in [0.1, 0.15) is 41.2 Å². The fourth-order valence-electron chi connectivity index (χ4n) is 2.66. The van der Waals surface area contributed by atoms with Crippen molar-refractivity contribution in [2.24, 2.45) is 0 Å². The highest BCUT2D eigenvalue weighted by Crippen LogP contribution is 2.34. The Labute approximate surface area is 103 Å². The number of ether oxygens (including phenoxy) is 1. The molecule has 2 atom stereocenters. The molecule has 1 nitrogen and oxygen atoms in total. The number of hydrogen-bond donors (Lipinski definition) is 0. The van der Waals surface area contributed by atoms with E-state index in [1.54, 1.807) is 0 Å². The molecule has 0 bridgehead atoms. The Hall–Kier alpha value is -0.530. The van der Waals surface area contributed by atoms with Crippen molar-refractivity contribution >= 4 is 11.6 Å². The molecule has 1 fully saturated rings. The van der Waals surface area contributed by atoms with Gasteiger partial charge in [-0.1, -0.05) is 17.7 Å². The van der Waals surface area contributed by atoms with Crippen LogP contribution in [0.15, 0.2) is 12.1 Å². The van der Waals surface area contributed by atoms with Gasteiger partial charge in [0.05, 0.1) is 6.10 Å². The Morgan fingerprint density at radius 1 is 1.19 bits per heavy atom. The summed E-state index contributed by atoms with van der Waals surface area (Å²) in [4.78, 5) is 0. The van der Waals surface area contributed by atoms with Crippen molar-refractivity contribution in [3.8, 4) is 0 Å². The second-order valence-electron chi connectivity index (χ2n) is 4.79. The summed E-state index contributed by atoms with van der Waals surface area (Å²) in [5, 5.41) is 0.263. The average molecular weight is 239 g/mol. The van der Waals surface area contributed by atoms with Crippen LogP contribution in [0.3, 0.4) is 0 Å². The summed E-state index contributed by atoms with van der Waals surface area (Å²) in [5.74, 6) is 0. The van der Waals surface area contributed by atoms with Gasteiger partial charge in [0.2, 0.25) is 0 Å². The third-order valence-electron chi connectivity index (χ3n) is 3.28. The second kappa shape index (κ2) is 4.77. The van der Waals surface area contributed by atoms with Crippen LogP contribution in [0.2, 0.25) is 0 Å². The average Bonchev–Trinajstić information content (AvgIpc) is 2.15. The van der Waals surface area contributed by atoms with Gasteiger partial charge in [-0.25, -0.2) is 0 Å². The molecule has 0 saturated carbocycles. The summed E-state index contributed by atoms with van der Waals surface area (Å²) in [6, 6.07) is 4.45. The lowest BCUT2D eigenvalue weighted by atomic mass is 9.92. The monoisotopic (exact) mass is 238 g/mol. The van der Waals surface area contributed by atoms with Crippen molar-refractivity contribution in [2.75, 3.05) is 6.61 Å². The minimum Gasteiger partial charge on any atom is -0.373 e. The molecule has 0 radical (unpaired) electrons. The first kappa shape index (κ1) is 11.9. The fourth-order valence-corrected chi connectivity index (χ4v) is 2.91. The zero-order chi connectivity index (χ0) is 11.7. The molecule has 16 heavy (non-hydrogen) atoms. The first-order valence-electron chi connectivity index (χ1n) is 5.91. The van der Waals surface area contributed by atoms with Gasteiger partial charge < -0.3 is 4.74 Å². The Balaban J connectivity index is 2.32. The highest BCUT2D eigenvalue weighted by atomic mass is 35.5. The van der Waals surface area contributed by atoms with E-state index < -0.39 is 0 Å². The van der Waals surface area contributed by atoms with E-state index in [-0.39, 0.29) is 11.5 Å². The number of halogens is 1. The largest absolute Gasteiger partial charge is 0.373 e. The zero-order valence-corrected chi connectivity index (χ0v) is 11.0. The minimum atomic E-state index is 0.192. The van der Waals surface area contributed by atoms with Crippen molar-refractivity contribution in [3.05, 3.63) is 34.4 Å². The van der Waals surface area contributed by atoms with Gasteiger partial charge in [-0.3, -0.25) is 0 Å². The van der Waals surface area contributed by atoms with Crippen molar-refractivity contribution in [2.45, 2.75) is 45.1 Å². The van der Waals surface area contributed by atoms with Crippen LogP contribution >= 0.6 is 11.6 Å². The van der Waals surface area contributed by atoms with Crippen LogP contribution in [0, 0.1) is 20.8 Å². The van der Waals surface area contributed by atoms with Gasteiger partial charge in [-0.05, 0) is 50.3 Å². The summed E-state index contributed by atoms with van der Waals surface area (Å²) in [6.07, 6.45) is 2.10. The fraction of sp³-hybridized carbons (Fsp3) is 0.571. The molecule has 1 aliphatic heterocycles. The highest BCUT2D eigenvalue weighted by molar-refractivity contribution is 6.20. The molecule has 2 unspecified atom stereocenters. The molecule has 1 heterocycles. The normalized spacial score (nSPS) is 25.8. The molecule has 1 aromatic carbocycles. The van der Waals surface area contributed by atoms with Gasteiger partial charge in [0.1, 0.15) is 0 Å². The molecule has 0 amide bonds. The summed E-state index contributed by atoms with van der Waals surface area (Å²) in [5.41, 5.74) is 5.31. The zero-order valence-electron chi connectivity index (χ0n) is 10.2. The molecule has 2 rings (SSSR count). The Bertz CT molecular complexity index is 363. The Kier molecular flexibility index (Phi) is 3.56. The van der Waals surface area contributed by atoms with Crippen LogP contribution in [0.4, 0.5) is 0 Å². The van der Waals surface area contributed by atoms with E-state index in [2.05, 4.69) is 32.9 Å². The summed E-state index contributed by atoms with van der Waals surface area (Å²) >= 11 is 6.22. The van der Waals surface area contributed by atoms with E-state index in [9.17, 15) is 0 Å². The first-order chi connectivity index (χ1) is 7.58. The molecule has 2 heteroatoms. The van der Waals surface area contributed by atoms with Gasteiger partial charge in [0.25, 0.3) is 0 Å². The maximum absolute atomic E-state index is 6.22. The van der Waals surface area contributed by atoms with Gasteiger partial charge in [0.15, 0.2) is 0 Å². The lowest BCUT2D eigenvalue weighted by molar-refractivity contribution is 0.0161. The van der Waals surface area contributed by atoms with E-state index in [1.165, 1.54) is 22.3 Å². The second-order valence-corrected chi connectivity index (χ2v) is 5.41. The van der Waals surface area contributed by atoms with Crippen molar-refractivity contribution in [1.82, 2.24) is 0 Å². The lowest BCUT2D eigenvalue weighted by Crippen LogP contribution is -2.21. The predicted octanol–water partition coefficient (Wildman–Crippen LogP) is 4.07. The maximum atomic E-state index is 6.22. The third-order valence-corrected chi connectivity index (χ3v) is 3.68. The number of benzene rings is 1. The van der Waals surface area contributed by atoms with Crippen LogP contribution < -0.4 is 0 Å². The third kappa shape index (κ3) is 2.41. The Morgan fingerprint density at radius 2 is 1.81 bits per heavy atom. The van der Waals surface area contributed by atoms with Gasteiger partial charge in [-0.15, -0.1) is 11.6 Å². The molecule has 0 N–H and O–H groups in total. The van der Waals surface area contributed by atoms with E-state index >= 15 is 0 Å². The smallest absolute Gasteiger partial charge is 0.0844 e. The van der Waals surface area contributed by atoms with Crippen LogP contribution in [0.25, 0.3) is 0 Å². The summed E-state index contributed by atoms with van der Waals surface area (Å²) in [7, 11) is 0. The summed E-state index contributed by atoms with van der Waals surface area (Å²) in [6.45, 7) is 7.24. The van der Waals surface area contributed by atoms with Gasteiger partial charge in [-0.2, -0.15) is 0 Å². The number of hydrogen-bond acceptors (Lipinski definition) is 1. The predicted molar refractivity (Wildman–Crippen MR) is 68.2 cm³/mol. The van der Waals surface area contributed by atoms with Crippen molar-refractivity contribution in [1.29, 1.82) is 0 Å². The van der Waals surface area contributed by atoms with Crippen LogP contribution in [-0.4, -0.2) is 12.0 Å². The van der Waals surface area contributed by atoms with E-state index in [4.69, 9.17) is 16.3 Å². The molecule has 88 valence electrons. The SMILES string of the molecule is Cc1cc(C)c(C2CC(Cl)CCO2)c(C)c1. The summed E-state index contributed by atoms with van der Waals surface area (Å²) < 4.78 is 5.85. The molecule has 0 aromatic heterocycles. The molecule has 1 aliphatic rings. The van der Waals surface area contributed by atoms with E-state index in [0.29, 0.717) is 0 Å². The van der Waals surface area contributed by atoms with E-state index in [1.807, 2.05) is 0 Å². The van der Waals surface area contributed by atoms with E-state index in [0.717, 1.165) is 19.4 Å². The lowest BCUT2D eigenvalue weighted by Gasteiger charge is -2.29. The van der Waals surface area contributed by atoms with Gasteiger partial charge in [0, 0.05) is 12.0 Å². The molecular weight excluding hydrogens is 220 g/mol. The maximum Gasteiger partial charge on any atom is 0.0844 e. The topological polar surface area (TPSA) is 9.23 Å². The van der Waals surface area contributed by atoms with Crippen LogP contribution in [0.5, 0.6) is 0 Å². The number of alkyl halides is 1. The molecule has 1 aromatic rings. The number of rotatable bonds is 1. The molecule has 0 aliphatic carbocycles. The minimum absolute atomic E-state index is 0.192. The number of aryl methyl sites for hydroxylation is 3. The van der Waals surface area contributed by atoms with Crippen LogP contribution in [-0.2, 0) is 4.74 Å². The van der Waals surface area contributed by atoms with Crippen molar-refractivity contribution < 1.29 is 4.74 Å². The molecular formula is C14H19ClO. The standard InChI is InChI=1S/C14H19ClO/c1-9-6-10(2)14(11(3)7-9)13-8-12(15)4-5-16-13/h6-7,12-13H,4-5,8H2,1-3H3. The molecule has 0 spiro atoms.